The summed E-state index contributed by atoms with van der Waals surface area (Å²) in [5, 5.41) is 12.0. The van der Waals surface area contributed by atoms with Crippen LogP contribution in [0.2, 0.25) is 0 Å². The lowest BCUT2D eigenvalue weighted by atomic mass is 9.89. The fraction of sp³-hybridized carbons (Fsp3) is 0.625. The Hall–Kier alpha value is -1.62. The van der Waals surface area contributed by atoms with Gasteiger partial charge in [-0.25, -0.2) is 4.98 Å². The van der Waals surface area contributed by atoms with Gasteiger partial charge in [-0.05, 0) is 44.2 Å². The molecule has 1 heterocycles. The number of aromatic nitrogens is 1. The molecule has 0 unspecified atom stereocenters. The van der Waals surface area contributed by atoms with Crippen LogP contribution in [-0.4, -0.2) is 35.3 Å². The van der Waals surface area contributed by atoms with Crippen LogP contribution in [0.15, 0.2) is 18.3 Å². The molecule has 0 saturated heterocycles. The standard InChI is InChI=1S/C16H26N2O3/c1-12(2)21-13-7-5-9-17-14(13)15(20)18-10-6-8-16(3,4)11-19/h5,7,9,12,19H,6,8,10-11H2,1-4H3,(H,18,20). The smallest absolute Gasteiger partial charge is 0.273 e. The second kappa shape index (κ2) is 7.98. The van der Waals surface area contributed by atoms with Crippen LogP contribution >= 0.6 is 0 Å². The molecule has 21 heavy (non-hydrogen) atoms. The topological polar surface area (TPSA) is 71.5 Å². The van der Waals surface area contributed by atoms with Crippen molar-refractivity contribution in [2.75, 3.05) is 13.2 Å². The lowest BCUT2D eigenvalue weighted by Gasteiger charge is -2.21. The molecule has 0 aliphatic rings. The van der Waals surface area contributed by atoms with Crippen molar-refractivity contribution in [2.24, 2.45) is 5.41 Å². The third kappa shape index (κ3) is 6.12. The molecule has 0 atom stereocenters. The number of nitrogens with zero attached hydrogens (tertiary/aromatic N) is 1. The van der Waals surface area contributed by atoms with Crippen molar-refractivity contribution in [1.82, 2.24) is 10.3 Å². The average Bonchev–Trinajstić information content (AvgIpc) is 2.43. The van der Waals surface area contributed by atoms with Gasteiger partial charge in [0, 0.05) is 19.3 Å². The maximum atomic E-state index is 12.1. The van der Waals surface area contributed by atoms with Gasteiger partial charge in [-0.1, -0.05) is 13.8 Å². The molecular formula is C16H26N2O3. The van der Waals surface area contributed by atoms with E-state index in [9.17, 15) is 9.90 Å². The number of rotatable bonds is 8. The lowest BCUT2D eigenvalue weighted by molar-refractivity contribution is 0.0937. The largest absolute Gasteiger partial charge is 0.489 e. The van der Waals surface area contributed by atoms with Gasteiger partial charge in [0.15, 0.2) is 11.4 Å². The number of ether oxygens (including phenoxy) is 1. The fourth-order valence-electron chi connectivity index (χ4n) is 1.84. The van der Waals surface area contributed by atoms with Crippen molar-refractivity contribution in [3.8, 4) is 5.75 Å². The summed E-state index contributed by atoms with van der Waals surface area (Å²) < 4.78 is 5.59. The predicted molar refractivity (Wildman–Crippen MR) is 82.4 cm³/mol. The summed E-state index contributed by atoms with van der Waals surface area (Å²) in [4.78, 5) is 16.2. The monoisotopic (exact) mass is 294 g/mol. The van der Waals surface area contributed by atoms with Gasteiger partial charge in [0.25, 0.3) is 5.91 Å². The van der Waals surface area contributed by atoms with Crippen LogP contribution in [0.3, 0.4) is 0 Å². The molecule has 5 heteroatoms. The third-order valence-corrected chi connectivity index (χ3v) is 3.09. The van der Waals surface area contributed by atoms with E-state index in [0.29, 0.717) is 18.0 Å². The summed E-state index contributed by atoms with van der Waals surface area (Å²) in [7, 11) is 0. The number of carbonyl (C=O) groups excluding carboxylic acids is 1. The molecule has 0 saturated carbocycles. The number of hydrogen-bond donors (Lipinski definition) is 2. The van der Waals surface area contributed by atoms with E-state index in [-0.39, 0.29) is 24.0 Å². The number of amides is 1. The summed E-state index contributed by atoms with van der Waals surface area (Å²) in [5.41, 5.74) is 0.203. The Morgan fingerprint density at radius 2 is 2.19 bits per heavy atom. The minimum absolute atomic E-state index is 0.00824. The number of aliphatic hydroxyl groups excluding tert-OH is 1. The van der Waals surface area contributed by atoms with E-state index in [1.165, 1.54) is 0 Å². The maximum absolute atomic E-state index is 12.1. The van der Waals surface area contributed by atoms with Crippen LogP contribution in [0.5, 0.6) is 5.75 Å². The molecule has 0 fully saturated rings. The number of hydrogen-bond acceptors (Lipinski definition) is 4. The van der Waals surface area contributed by atoms with E-state index in [2.05, 4.69) is 10.3 Å². The predicted octanol–water partition coefficient (Wildman–Crippen LogP) is 2.40. The van der Waals surface area contributed by atoms with E-state index >= 15 is 0 Å². The van der Waals surface area contributed by atoms with Crippen molar-refractivity contribution >= 4 is 5.91 Å². The normalized spacial score (nSPS) is 11.5. The minimum atomic E-state index is -0.229. The van der Waals surface area contributed by atoms with Gasteiger partial charge in [-0.15, -0.1) is 0 Å². The molecule has 2 N–H and O–H groups in total. The highest BCUT2D eigenvalue weighted by molar-refractivity contribution is 5.94. The van der Waals surface area contributed by atoms with Crippen LogP contribution in [0, 0.1) is 5.41 Å². The molecule has 0 aliphatic heterocycles. The van der Waals surface area contributed by atoms with E-state index in [1.54, 1.807) is 18.3 Å². The van der Waals surface area contributed by atoms with E-state index < -0.39 is 0 Å². The van der Waals surface area contributed by atoms with Crippen LogP contribution < -0.4 is 10.1 Å². The molecule has 1 aromatic rings. The maximum Gasteiger partial charge on any atom is 0.273 e. The zero-order valence-electron chi connectivity index (χ0n) is 13.3. The van der Waals surface area contributed by atoms with Crippen LogP contribution in [0.4, 0.5) is 0 Å². The highest BCUT2D eigenvalue weighted by atomic mass is 16.5. The summed E-state index contributed by atoms with van der Waals surface area (Å²) >= 11 is 0. The number of carbonyl (C=O) groups is 1. The first-order valence-electron chi connectivity index (χ1n) is 7.36. The number of nitrogens with one attached hydrogen (secondary N) is 1. The quantitative estimate of drug-likeness (QED) is 0.722. The minimum Gasteiger partial charge on any atom is -0.489 e. The van der Waals surface area contributed by atoms with Gasteiger partial charge in [0.2, 0.25) is 0 Å². The molecule has 5 nitrogen and oxygen atoms in total. The van der Waals surface area contributed by atoms with Crippen molar-refractivity contribution in [3.63, 3.8) is 0 Å². The summed E-state index contributed by atoms with van der Waals surface area (Å²) in [6.07, 6.45) is 3.23. The molecule has 1 amide bonds. The van der Waals surface area contributed by atoms with E-state index in [4.69, 9.17) is 4.74 Å². The summed E-state index contributed by atoms with van der Waals surface area (Å²) in [6, 6.07) is 3.50. The Morgan fingerprint density at radius 3 is 2.81 bits per heavy atom. The van der Waals surface area contributed by atoms with Crippen molar-refractivity contribution in [1.29, 1.82) is 0 Å². The molecule has 0 aliphatic carbocycles. The van der Waals surface area contributed by atoms with Gasteiger partial charge in [-0.2, -0.15) is 0 Å². The van der Waals surface area contributed by atoms with Gasteiger partial charge in [0.05, 0.1) is 6.10 Å². The van der Waals surface area contributed by atoms with Crippen LogP contribution in [0.1, 0.15) is 51.0 Å². The Morgan fingerprint density at radius 1 is 1.48 bits per heavy atom. The first kappa shape index (κ1) is 17.4. The van der Waals surface area contributed by atoms with Gasteiger partial charge in [0.1, 0.15) is 0 Å². The first-order valence-corrected chi connectivity index (χ1v) is 7.36. The molecule has 118 valence electrons. The third-order valence-electron chi connectivity index (χ3n) is 3.09. The fourth-order valence-corrected chi connectivity index (χ4v) is 1.84. The molecule has 1 rings (SSSR count). The van der Waals surface area contributed by atoms with Crippen molar-refractivity contribution < 1.29 is 14.6 Å². The molecule has 1 aromatic heterocycles. The van der Waals surface area contributed by atoms with Gasteiger partial charge < -0.3 is 15.2 Å². The summed E-state index contributed by atoms with van der Waals surface area (Å²) in [6.45, 7) is 8.52. The van der Waals surface area contributed by atoms with Gasteiger partial charge in [-0.3, -0.25) is 4.79 Å². The highest BCUT2D eigenvalue weighted by Crippen LogP contribution is 2.20. The Balaban J connectivity index is 2.53. The average molecular weight is 294 g/mol. The highest BCUT2D eigenvalue weighted by Gasteiger charge is 2.17. The van der Waals surface area contributed by atoms with E-state index in [0.717, 1.165) is 12.8 Å². The zero-order valence-corrected chi connectivity index (χ0v) is 13.3. The molecular weight excluding hydrogens is 268 g/mol. The SMILES string of the molecule is CC(C)Oc1cccnc1C(=O)NCCCC(C)(C)CO. The Kier molecular flexibility index (Phi) is 6.62. The second-order valence-electron chi connectivity index (χ2n) is 6.20. The van der Waals surface area contributed by atoms with Gasteiger partial charge >= 0.3 is 0 Å². The Bertz CT molecular complexity index is 459. The second-order valence-corrected chi connectivity index (χ2v) is 6.20. The number of aliphatic hydroxyl groups is 1. The Labute approximate surface area is 126 Å². The summed E-state index contributed by atoms with van der Waals surface area (Å²) in [5.74, 6) is 0.272. The van der Waals surface area contributed by atoms with Crippen molar-refractivity contribution in [2.45, 2.75) is 46.6 Å². The molecule has 0 radical (unpaired) electrons. The van der Waals surface area contributed by atoms with E-state index in [1.807, 2.05) is 27.7 Å². The first-order chi connectivity index (χ1) is 9.85. The number of pyridine rings is 1. The molecule has 0 spiro atoms. The molecule has 0 bridgehead atoms. The lowest BCUT2D eigenvalue weighted by Crippen LogP contribution is -2.28. The molecule has 0 aromatic carbocycles. The van der Waals surface area contributed by atoms with Crippen LogP contribution in [-0.2, 0) is 0 Å². The van der Waals surface area contributed by atoms with Crippen LogP contribution in [0.25, 0.3) is 0 Å². The zero-order chi connectivity index (χ0) is 15.9. The van der Waals surface area contributed by atoms with Crippen molar-refractivity contribution in [3.05, 3.63) is 24.0 Å².